The summed E-state index contributed by atoms with van der Waals surface area (Å²) >= 11 is 6.80. The van der Waals surface area contributed by atoms with E-state index in [9.17, 15) is 14.7 Å². The van der Waals surface area contributed by atoms with Gasteiger partial charge in [-0.1, -0.05) is 97.8 Å². The van der Waals surface area contributed by atoms with E-state index in [1.807, 2.05) is 57.2 Å². The standard InChI is InChI=1S/C38H37ClO3/c1-4-37(40)33(19-14-26-13-12-24(2)30(21-26)22-38(41)42)34-23-35(36(39)20-25(34)3)29-17-15-28(16-18-29)32-11-6-5-10-31(32)27-8-7-9-27/h5-6,10-13,15-21,23,27H,4,7-9,14,22H2,1-3H3,(H,41,42)/b33-19-. The Balaban J connectivity index is 1.48. The summed E-state index contributed by atoms with van der Waals surface area (Å²) in [4.78, 5) is 24.5. The molecule has 0 amide bonds. The maximum atomic E-state index is 13.2. The van der Waals surface area contributed by atoms with Crippen LogP contribution in [-0.4, -0.2) is 16.9 Å². The fourth-order valence-corrected chi connectivity index (χ4v) is 6.17. The van der Waals surface area contributed by atoms with E-state index in [1.165, 1.54) is 36.0 Å². The molecular formula is C38H37ClO3. The monoisotopic (exact) mass is 576 g/mol. The van der Waals surface area contributed by atoms with Gasteiger partial charge < -0.3 is 5.11 Å². The first-order valence-electron chi connectivity index (χ1n) is 14.8. The lowest BCUT2D eigenvalue weighted by atomic mass is 9.77. The van der Waals surface area contributed by atoms with Gasteiger partial charge in [-0.2, -0.15) is 0 Å². The fourth-order valence-electron chi connectivity index (χ4n) is 5.84. The molecule has 0 aromatic heterocycles. The fraction of sp³-hybridized carbons (Fsp3) is 0.263. The Hall–Kier alpha value is -3.95. The van der Waals surface area contributed by atoms with E-state index < -0.39 is 5.97 Å². The number of ketones is 1. The molecule has 0 radical (unpaired) electrons. The number of halogens is 1. The van der Waals surface area contributed by atoms with Crippen LogP contribution >= 0.6 is 11.6 Å². The van der Waals surface area contributed by atoms with E-state index >= 15 is 0 Å². The van der Waals surface area contributed by atoms with Crippen LogP contribution in [0.3, 0.4) is 0 Å². The highest BCUT2D eigenvalue weighted by Gasteiger charge is 2.22. The third-order valence-corrected chi connectivity index (χ3v) is 8.85. The highest BCUT2D eigenvalue weighted by atomic mass is 35.5. The molecular weight excluding hydrogens is 540 g/mol. The van der Waals surface area contributed by atoms with Gasteiger partial charge in [0.2, 0.25) is 0 Å². The van der Waals surface area contributed by atoms with Gasteiger partial charge in [-0.3, -0.25) is 9.59 Å². The van der Waals surface area contributed by atoms with Gasteiger partial charge in [0.05, 0.1) is 6.42 Å². The average molecular weight is 577 g/mol. The van der Waals surface area contributed by atoms with Gasteiger partial charge in [0.1, 0.15) is 0 Å². The largest absolute Gasteiger partial charge is 0.481 e. The molecule has 1 aliphatic carbocycles. The first kappa shape index (κ1) is 29.5. The van der Waals surface area contributed by atoms with Crippen molar-refractivity contribution in [2.45, 2.75) is 65.2 Å². The van der Waals surface area contributed by atoms with E-state index in [2.05, 4.69) is 48.5 Å². The quantitative estimate of drug-likeness (QED) is 0.191. The van der Waals surface area contributed by atoms with E-state index in [-0.39, 0.29) is 12.2 Å². The second-order valence-corrected chi connectivity index (χ2v) is 11.8. The third-order valence-electron chi connectivity index (χ3n) is 8.54. The van der Waals surface area contributed by atoms with Crippen molar-refractivity contribution in [1.82, 2.24) is 0 Å². The second kappa shape index (κ2) is 12.9. The van der Waals surface area contributed by atoms with Crippen LogP contribution in [0.2, 0.25) is 5.02 Å². The number of hydrogen-bond donors (Lipinski definition) is 1. The number of carboxylic acid groups (broad SMARTS) is 1. The molecule has 5 rings (SSSR count). The topological polar surface area (TPSA) is 54.4 Å². The molecule has 0 unspecified atom stereocenters. The first-order chi connectivity index (χ1) is 20.2. The molecule has 0 heterocycles. The maximum Gasteiger partial charge on any atom is 0.307 e. The van der Waals surface area contributed by atoms with Crippen molar-refractivity contribution in [2.24, 2.45) is 0 Å². The van der Waals surface area contributed by atoms with Gasteiger partial charge in [-0.05, 0) is 101 Å². The zero-order valence-corrected chi connectivity index (χ0v) is 25.3. The van der Waals surface area contributed by atoms with Crippen LogP contribution in [0.25, 0.3) is 27.8 Å². The number of Topliss-reactive ketones (excluding diaryl/α,β-unsaturated/α-hetero) is 1. The van der Waals surface area contributed by atoms with E-state index in [4.69, 9.17) is 11.6 Å². The Bertz CT molecular complexity index is 1660. The molecule has 4 aromatic carbocycles. The summed E-state index contributed by atoms with van der Waals surface area (Å²) in [6.45, 7) is 5.78. The number of aliphatic carboxylic acids is 1. The van der Waals surface area contributed by atoms with Crippen LogP contribution in [0.1, 0.15) is 71.9 Å². The summed E-state index contributed by atoms with van der Waals surface area (Å²) < 4.78 is 0. The molecule has 3 nitrogen and oxygen atoms in total. The third kappa shape index (κ3) is 6.42. The lowest BCUT2D eigenvalue weighted by molar-refractivity contribution is -0.136. The molecule has 1 aliphatic rings. The number of carboxylic acids is 1. The summed E-state index contributed by atoms with van der Waals surface area (Å²) in [5.74, 6) is -0.139. The van der Waals surface area contributed by atoms with Crippen LogP contribution in [0.5, 0.6) is 0 Å². The predicted octanol–water partition coefficient (Wildman–Crippen LogP) is 9.79. The second-order valence-electron chi connectivity index (χ2n) is 11.4. The van der Waals surface area contributed by atoms with Gasteiger partial charge >= 0.3 is 5.97 Å². The number of hydrogen-bond acceptors (Lipinski definition) is 2. The van der Waals surface area contributed by atoms with E-state index in [1.54, 1.807) is 0 Å². The number of carbonyl (C=O) groups is 2. The number of benzene rings is 4. The molecule has 1 N–H and O–H groups in total. The van der Waals surface area contributed by atoms with Gasteiger partial charge in [-0.25, -0.2) is 0 Å². The normalized spacial score (nSPS) is 13.6. The van der Waals surface area contributed by atoms with Gasteiger partial charge in [0, 0.05) is 22.6 Å². The molecule has 42 heavy (non-hydrogen) atoms. The Labute approximate surface area is 253 Å². The zero-order chi connectivity index (χ0) is 29.8. The molecule has 0 bridgehead atoms. The van der Waals surface area contributed by atoms with Crippen molar-refractivity contribution in [2.75, 3.05) is 0 Å². The van der Waals surface area contributed by atoms with Crippen molar-refractivity contribution in [1.29, 1.82) is 0 Å². The van der Waals surface area contributed by atoms with E-state index in [0.29, 0.717) is 29.4 Å². The average Bonchev–Trinajstić information content (AvgIpc) is 2.95. The smallest absolute Gasteiger partial charge is 0.307 e. The molecule has 214 valence electrons. The minimum Gasteiger partial charge on any atom is -0.481 e. The number of rotatable bonds is 10. The molecule has 1 fully saturated rings. The number of carbonyl (C=O) groups excluding carboxylic acids is 1. The lowest BCUT2D eigenvalue weighted by Crippen LogP contribution is -2.09. The van der Waals surface area contributed by atoms with Crippen LogP contribution in [0.4, 0.5) is 0 Å². The summed E-state index contributed by atoms with van der Waals surface area (Å²) in [6.07, 6.45) is 6.69. The molecule has 4 heteroatoms. The maximum absolute atomic E-state index is 13.2. The van der Waals surface area contributed by atoms with Crippen molar-refractivity contribution in [3.63, 3.8) is 0 Å². The summed E-state index contributed by atoms with van der Waals surface area (Å²) in [6, 6.07) is 27.2. The molecule has 4 aromatic rings. The van der Waals surface area contributed by atoms with Gasteiger partial charge in [0.25, 0.3) is 0 Å². The SMILES string of the molecule is CCC(=O)/C(=C\Cc1ccc(C)c(CC(=O)O)c1)c1cc(-c2ccc(-c3ccccc3C3CCC3)cc2)c(Cl)cc1C. The molecule has 0 aliphatic heterocycles. The van der Waals surface area contributed by atoms with Crippen molar-refractivity contribution >= 4 is 28.9 Å². The van der Waals surface area contributed by atoms with Gasteiger partial charge in [-0.15, -0.1) is 0 Å². The Morgan fingerprint density at radius 3 is 2.21 bits per heavy atom. The van der Waals surface area contributed by atoms with Crippen LogP contribution in [0, 0.1) is 13.8 Å². The molecule has 0 saturated heterocycles. The van der Waals surface area contributed by atoms with Crippen LogP contribution < -0.4 is 0 Å². The van der Waals surface area contributed by atoms with E-state index in [0.717, 1.165) is 38.9 Å². The highest BCUT2D eigenvalue weighted by molar-refractivity contribution is 6.33. The Morgan fingerprint density at radius 2 is 1.57 bits per heavy atom. The molecule has 1 saturated carbocycles. The van der Waals surface area contributed by atoms with Crippen LogP contribution in [-0.2, 0) is 22.4 Å². The zero-order valence-electron chi connectivity index (χ0n) is 24.5. The minimum absolute atomic E-state index is 0.0191. The van der Waals surface area contributed by atoms with Gasteiger partial charge in [0.15, 0.2) is 5.78 Å². The number of aryl methyl sites for hydroxylation is 2. The Kier molecular flexibility index (Phi) is 9.09. The highest BCUT2D eigenvalue weighted by Crippen LogP contribution is 2.42. The van der Waals surface area contributed by atoms with Crippen molar-refractivity contribution in [3.8, 4) is 22.3 Å². The minimum atomic E-state index is -0.854. The molecule has 0 atom stereocenters. The summed E-state index contributed by atoms with van der Waals surface area (Å²) in [5, 5.41) is 9.93. The van der Waals surface area contributed by atoms with Crippen molar-refractivity contribution < 1.29 is 14.7 Å². The molecule has 0 spiro atoms. The summed E-state index contributed by atoms with van der Waals surface area (Å²) in [5.41, 5.74) is 11.0. The first-order valence-corrected chi connectivity index (χ1v) is 15.2. The number of allylic oxidation sites excluding steroid dienone is 2. The predicted molar refractivity (Wildman–Crippen MR) is 173 cm³/mol. The van der Waals surface area contributed by atoms with Crippen LogP contribution in [0.15, 0.2) is 84.9 Å². The lowest BCUT2D eigenvalue weighted by Gasteiger charge is -2.28. The summed E-state index contributed by atoms with van der Waals surface area (Å²) in [7, 11) is 0. The Morgan fingerprint density at radius 1 is 0.881 bits per heavy atom. The van der Waals surface area contributed by atoms with Crippen molar-refractivity contribution in [3.05, 3.63) is 123 Å².